The van der Waals surface area contributed by atoms with Crippen LogP contribution in [0.1, 0.15) is 57.9 Å². The zero-order valence-electron chi connectivity index (χ0n) is 15.2. The van der Waals surface area contributed by atoms with Crippen LogP contribution in [0.25, 0.3) is 0 Å². The van der Waals surface area contributed by atoms with E-state index in [2.05, 4.69) is 9.24 Å². The number of imide groups is 1. The summed E-state index contributed by atoms with van der Waals surface area (Å²) in [4.78, 5) is 26.9. The number of nitrogens with zero attached hydrogens (tertiary/aromatic N) is 1. The molecule has 0 aromatic heterocycles. The van der Waals surface area contributed by atoms with Crippen LogP contribution in [0.4, 0.5) is 5.69 Å². The molecule has 0 N–H and O–H groups in total. The summed E-state index contributed by atoms with van der Waals surface area (Å²) in [6.07, 6.45) is 5.93. The van der Waals surface area contributed by atoms with Crippen LogP contribution in [-0.4, -0.2) is 17.9 Å². The normalized spacial score (nSPS) is 18.6. The number of carbonyl (C=O) groups is 2. The molecule has 2 aliphatic rings. The maximum atomic E-state index is 12.8. The number of amides is 2. The highest BCUT2D eigenvalue weighted by Gasteiger charge is 2.38. The minimum absolute atomic E-state index is 0.191. The largest absolute Gasteiger partial charge is 0.490 e. The summed E-state index contributed by atoms with van der Waals surface area (Å²) >= 11 is 0. The van der Waals surface area contributed by atoms with E-state index >= 15 is 0 Å². The van der Waals surface area contributed by atoms with Crippen molar-refractivity contribution in [2.24, 2.45) is 0 Å². The third kappa shape index (κ3) is 3.25. The van der Waals surface area contributed by atoms with Crippen LogP contribution in [0.3, 0.4) is 0 Å². The molecular formula is C20H26NO3P. The summed E-state index contributed by atoms with van der Waals surface area (Å²) in [7, 11) is 2.64. The summed E-state index contributed by atoms with van der Waals surface area (Å²) in [6, 6.07) is 3.83. The number of anilines is 1. The minimum atomic E-state index is -0.191. The Bertz CT molecular complexity index is 722. The molecule has 4 nitrogen and oxygen atoms in total. The van der Waals surface area contributed by atoms with Crippen molar-refractivity contribution in [2.75, 3.05) is 4.90 Å². The van der Waals surface area contributed by atoms with E-state index in [0.717, 1.165) is 29.5 Å². The molecule has 0 bridgehead atoms. The van der Waals surface area contributed by atoms with Crippen LogP contribution in [0.15, 0.2) is 23.3 Å². The molecule has 3 rings (SSSR count). The van der Waals surface area contributed by atoms with E-state index in [1.165, 1.54) is 17.7 Å². The standard InChI is InChI=1S/C20H26NO3P/c1-4-14-15(5-2)20(23)21(19(14)22)16-11-17(12(3)10-18(16)25)24-13-8-6-7-9-13/h10-11,13H,4-9,25H2,1-3H3. The number of hydrogen-bond acceptors (Lipinski definition) is 3. The molecule has 1 heterocycles. The number of aryl methyl sites for hydroxylation is 1. The van der Waals surface area contributed by atoms with Crippen LogP contribution >= 0.6 is 9.24 Å². The molecule has 1 fully saturated rings. The van der Waals surface area contributed by atoms with E-state index in [9.17, 15) is 9.59 Å². The van der Waals surface area contributed by atoms with Crippen LogP contribution in [0.5, 0.6) is 5.75 Å². The third-order valence-electron chi connectivity index (χ3n) is 5.15. The number of carbonyl (C=O) groups excluding carboxylic acids is 2. The molecule has 25 heavy (non-hydrogen) atoms. The monoisotopic (exact) mass is 359 g/mol. The van der Waals surface area contributed by atoms with Gasteiger partial charge < -0.3 is 4.74 Å². The van der Waals surface area contributed by atoms with Gasteiger partial charge in [0.25, 0.3) is 11.8 Å². The van der Waals surface area contributed by atoms with Crippen LogP contribution in [0, 0.1) is 6.92 Å². The van der Waals surface area contributed by atoms with Crippen LogP contribution in [0.2, 0.25) is 0 Å². The van der Waals surface area contributed by atoms with E-state index in [-0.39, 0.29) is 17.9 Å². The lowest BCUT2D eigenvalue weighted by molar-refractivity contribution is -0.120. The van der Waals surface area contributed by atoms with Gasteiger partial charge in [0.1, 0.15) is 5.75 Å². The predicted octanol–water partition coefficient (Wildman–Crippen LogP) is 3.81. The molecular weight excluding hydrogens is 333 g/mol. The van der Waals surface area contributed by atoms with Crippen molar-refractivity contribution in [3.8, 4) is 5.75 Å². The second kappa shape index (κ2) is 7.29. The van der Waals surface area contributed by atoms with Crippen molar-refractivity contribution >= 4 is 32.0 Å². The summed E-state index contributed by atoms with van der Waals surface area (Å²) in [5.41, 5.74) is 2.92. The Morgan fingerprint density at radius 2 is 1.64 bits per heavy atom. The lowest BCUT2D eigenvalue weighted by Gasteiger charge is -2.22. The second-order valence-electron chi connectivity index (χ2n) is 6.81. The topological polar surface area (TPSA) is 46.6 Å². The van der Waals surface area contributed by atoms with Crippen LogP contribution < -0.4 is 14.9 Å². The second-order valence-corrected chi connectivity index (χ2v) is 7.43. The first-order valence-corrected chi connectivity index (χ1v) is 9.73. The summed E-state index contributed by atoms with van der Waals surface area (Å²) < 4.78 is 6.17. The van der Waals surface area contributed by atoms with Gasteiger partial charge in [0, 0.05) is 17.2 Å². The Morgan fingerprint density at radius 1 is 1.08 bits per heavy atom. The summed E-state index contributed by atoms with van der Waals surface area (Å²) in [5.74, 6) is 0.393. The highest BCUT2D eigenvalue weighted by molar-refractivity contribution is 7.28. The Balaban J connectivity index is 1.97. The zero-order chi connectivity index (χ0) is 18.1. The fourth-order valence-corrected chi connectivity index (χ4v) is 4.24. The molecule has 2 amide bonds. The van der Waals surface area contributed by atoms with Gasteiger partial charge in [-0.05, 0) is 62.4 Å². The number of ether oxygens (including phenoxy) is 1. The molecule has 1 atom stereocenters. The average Bonchev–Trinajstić information content (AvgIpc) is 3.16. The smallest absolute Gasteiger partial charge is 0.261 e. The van der Waals surface area contributed by atoms with Crippen molar-refractivity contribution in [1.82, 2.24) is 0 Å². The lowest BCUT2D eigenvalue weighted by atomic mass is 10.1. The molecule has 1 unspecified atom stereocenters. The molecule has 1 aliphatic heterocycles. The molecule has 0 radical (unpaired) electrons. The Kier molecular flexibility index (Phi) is 5.29. The van der Waals surface area contributed by atoms with Crippen molar-refractivity contribution in [1.29, 1.82) is 0 Å². The Morgan fingerprint density at radius 3 is 2.16 bits per heavy atom. The minimum Gasteiger partial charge on any atom is -0.490 e. The SMILES string of the molecule is CCC1=C(CC)C(=O)N(c2cc(OC3CCCC3)c(C)cc2P)C1=O. The molecule has 5 heteroatoms. The van der Waals surface area contributed by atoms with Gasteiger partial charge in [-0.25, -0.2) is 4.90 Å². The van der Waals surface area contributed by atoms with Gasteiger partial charge in [-0.15, -0.1) is 9.24 Å². The van der Waals surface area contributed by atoms with E-state index in [0.29, 0.717) is 29.7 Å². The van der Waals surface area contributed by atoms with Gasteiger partial charge in [-0.2, -0.15) is 0 Å². The molecule has 134 valence electrons. The molecule has 1 aromatic rings. The fraction of sp³-hybridized carbons (Fsp3) is 0.500. The van der Waals surface area contributed by atoms with Gasteiger partial charge in [0.05, 0.1) is 11.8 Å². The summed E-state index contributed by atoms with van der Waals surface area (Å²) in [6.45, 7) is 5.85. The average molecular weight is 359 g/mol. The van der Waals surface area contributed by atoms with Gasteiger partial charge in [0.2, 0.25) is 0 Å². The maximum absolute atomic E-state index is 12.8. The van der Waals surface area contributed by atoms with Gasteiger partial charge in [-0.3, -0.25) is 9.59 Å². The van der Waals surface area contributed by atoms with Crippen LogP contribution in [-0.2, 0) is 9.59 Å². The third-order valence-corrected chi connectivity index (χ3v) is 5.62. The Labute approximate surface area is 151 Å². The number of hydrogen-bond donors (Lipinski definition) is 0. The number of benzene rings is 1. The van der Waals surface area contributed by atoms with Crippen molar-refractivity contribution in [2.45, 2.75) is 65.4 Å². The van der Waals surface area contributed by atoms with E-state index in [1.807, 2.05) is 32.9 Å². The summed E-state index contributed by atoms with van der Waals surface area (Å²) in [5, 5.41) is 0.839. The predicted molar refractivity (Wildman–Crippen MR) is 104 cm³/mol. The first-order chi connectivity index (χ1) is 12.0. The van der Waals surface area contributed by atoms with E-state index in [4.69, 9.17) is 4.74 Å². The van der Waals surface area contributed by atoms with Crippen molar-refractivity contribution in [3.05, 3.63) is 28.8 Å². The molecule has 1 aliphatic carbocycles. The first-order valence-electron chi connectivity index (χ1n) is 9.15. The first kappa shape index (κ1) is 18.1. The highest BCUT2D eigenvalue weighted by Crippen LogP contribution is 2.34. The lowest BCUT2D eigenvalue weighted by Crippen LogP contribution is -2.34. The Hall–Kier alpha value is -1.67. The van der Waals surface area contributed by atoms with Gasteiger partial charge in [0.15, 0.2) is 0 Å². The zero-order valence-corrected chi connectivity index (χ0v) is 16.4. The molecule has 0 saturated heterocycles. The van der Waals surface area contributed by atoms with Gasteiger partial charge >= 0.3 is 0 Å². The quantitative estimate of drug-likeness (QED) is 0.593. The highest BCUT2D eigenvalue weighted by atomic mass is 31.0. The van der Waals surface area contributed by atoms with Crippen molar-refractivity contribution in [3.63, 3.8) is 0 Å². The molecule has 1 aromatic carbocycles. The van der Waals surface area contributed by atoms with Gasteiger partial charge in [-0.1, -0.05) is 13.8 Å². The van der Waals surface area contributed by atoms with E-state index < -0.39 is 0 Å². The number of rotatable bonds is 5. The maximum Gasteiger partial charge on any atom is 0.261 e. The molecule has 0 spiro atoms. The van der Waals surface area contributed by atoms with Crippen molar-refractivity contribution < 1.29 is 14.3 Å². The molecule has 1 saturated carbocycles. The van der Waals surface area contributed by atoms with E-state index in [1.54, 1.807) is 0 Å². The fourth-order valence-electron chi connectivity index (χ4n) is 3.77.